The molecule has 2 aliphatic carbocycles. The van der Waals surface area contributed by atoms with Gasteiger partial charge in [0.25, 0.3) is 0 Å². The van der Waals surface area contributed by atoms with Crippen molar-refractivity contribution in [2.75, 3.05) is 5.73 Å². The van der Waals surface area contributed by atoms with Gasteiger partial charge in [0, 0.05) is 16.5 Å². The third-order valence-electron chi connectivity index (χ3n) is 7.22. The van der Waals surface area contributed by atoms with Crippen molar-refractivity contribution in [3.8, 4) is 0 Å². The Kier molecular flexibility index (Phi) is 4.62. The maximum atomic E-state index is 14.6. The second-order valence-electron chi connectivity index (χ2n) is 8.83. The van der Waals surface area contributed by atoms with Crippen LogP contribution in [-0.2, 0) is 6.42 Å². The van der Waals surface area contributed by atoms with Crippen LogP contribution in [0.1, 0.15) is 30.1 Å². The molecule has 2 aliphatic rings. The number of nitrogens with two attached hydrogens (primary N) is 1. The van der Waals surface area contributed by atoms with E-state index in [0.717, 1.165) is 17.7 Å². The minimum atomic E-state index is -0.887. The van der Waals surface area contributed by atoms with Crippen LogP contribution in [0.5, 0.6) is 0 Å². The minimum Gasteiger partial charge on any atom is -0.390 e. The number of nitrogens with zero attached hydrogens (tertiary/aromatic N) is 3. The summed E-state index contributed by atoms with van der Waals surface area (Å²) in [5.41, 5.74) is 7.59. The van der Waals surface area contributed by atoms with Crippen LogP contribution < -0.4 is 5.73 Å². The fourth-order valence-electron chi connectivity index (χ4n) is 5.54. The summed E-state index contributed by atoms with van der Waals surface area (Å²) in [5.74, 6) is 0.580. The van der Waals surface area contributed by atoms with Crippen LogP contribution in [0.2, 0.25) is 5.02 Å². The second kappa shape index (κ2) is 7.02. The largest absolute Gasteiger partial charge is 0.390 e. The highest BCUT2D eigenvalue weighted by Gasteiger charge is 2.70. The van der Waals surface area contributed by atoms with E-state index in [1.165, 1.54) is 12.1 Å². The Morgan fingerprint density at radius 3 is 2.87 bits per heavy atom. The third-order valence-corrected chi connectivity index (χ3v) is 7.52. The molecule has 0 aliphatic heterocycles. The van der Waals surface area contributed by atoms with Gasteiger partial charge in [0.1, 0.15) is 23.6 Å². The molecule has 5 rings (SSSR count). The molecule has 5 atom stereocenters. The number of fused-ring (bicyclic) bond motifs is 2. The summed E-state index contributed by atoms with van der Waals surface area (Å²) in [6, 6.07) is 8.34. The molecule has 6 nitrogen and oxygen atoms in total. The molecule has 0 bridgehead atoms. The lowest BCUT2D eigenvalue weighted by molar-refractivity contribution is -0.0196. The van der Waals surface area contributed by atoms with Crippen LogP contribution in [0.4, 0.5) is 16.0 Å². The van der Waals surface area contributed by atoms with Crippen molar-refractivity contribution in [1.82, 2.24) is 9.55 Å². The van der Waals surface area contributed by atoms with E-state index >= 15 is 0 Å². The van der Waals surface area contributed by atoms with Crippen molar-refractivity contribution in [3.63, 3.8) is 0 Å². The zero-order valence-corrected chi connectivity index (χ0v) is 17.8. The highest BCUT2D eigenvalue weighted by molar-refractivity contribution is 6.33. The molecule has 162 valence electrons. The number of rotatable bonds is 5. The quantitative estimate of drug-likeness (QED) is 0.521. The van der Waals surface area contributed by atoms with E-state index in [1.807, 2.05) is 29.7 Å². The molecule has 3 aromatic rings. The molecule has 0 amide bonds. The van der Waals surface area contributed by atoms with Crippen molar-refractivity contribution >= 4 is 40.9 Å². The number of nitrogen functional groups attached to an aromatic ring is 1. The number of anilines is 1. The third kappa shape index (κ3) is 2.98. The van der Waals surface area contributed by atoms with Gasteiger partial charge >= 0.3 is 0 Å². The fraction of sp³-hybridized carbons (Fsp3) is 0.391. The van der Waals surface area contributed by atoms with E-state index in [9.17, 15) is 14.6 Å². The lowest BCUT2D eigenvalue weighted by Crippen LogP contribution is -2.34. The normalized spacial score (nSPS) is 29.3. The number of benzene rings is 1. The van der Waals surface area contributed by atoms with Gasteiger partial charge in [-0.15, -0.1) is 0 Å². The average molecular weight is 443 g/mol. The number of halogens is 2. The fourth-order valence-corrected chi connectivity index (χ4v) is 5.69. The van der Waals surface area contributed by atoms with E-state index in [0.29, 0.717) is 29.6 Å². The van der Waals surface area contributed by atoms with Crippen LogP contribution in [0.25, 0.3) is 10.9 Å². The van der Waals surface area contributed by atoms with Gasteiger partial charge in [-0.2, -0.15) is 0 Å². The predicted molar refractivity (Wildman–Crippen MR) is 119 cm³/mol. The topological polar surface area (TPSA) is 96.7 Å². The first kappa shape index (κ1) is 20.4. The Labute approximate surface area is 184 Å². The van der Waals surface area contributed by atoms with E-state index in [4.69, 9.17) is 17.3 Å². The lowest BCUT2D eigenvalue weighted by atomic mass is 9.91. The summed E-state index contributed by atoms with van der Waals surface area (Å²) >= 11 is 5.97. The summed E-state index contributed by atoms with van der Waals surface area (Å²) in [7, 11) is 0. The van der Waals surface area contributed by atoms with Crippen molar-refractivity contribution in [3.05, 3.63) is 52.4 Å². The van der Waals surface area contributed by atoms with Crippen molar-refractivity contribution in [2.45, 2.75) is 44.4 Å². The highest BCUT2D eigenvalue weighted by atomic mass is 35.5. The zero-order valence-electron chi connectivity index (χ0n) is 17.1. The lowest BCUT2D eigenvalue weighted by Gasteiger charge is -2.26. The molecule has 1 aromatic carbocycles. The summed E-state index contributed by atoms with van der Waals surface area (Å²) in [6.45, 7) is 5.58. The van der Waals surface area contributed by atoms with Gasteiger partial charge in [-0.25, -0.2) is 14.4 Å². The van der Waals surface area contributed by atoms with Crippen molar-refractivity contribution in [1.29, 1.82) is 0 Å². The number of aliphatic hydroxyl groups is 2. The number of hydrogen-bond acceptors (Lipinski definition) is 5. The molecular formula is C23H24ClFN4O2. The Hall–Kier alpha value is -2.48. The predicted octanol–water partition coefficient (Wildman–Crippen LogP) is 3.97. The molecule has 31 heavy (non-hydrogen) atoms. The SMILES string of the molecule is C=Nc1ccc(C)n1[C@H]1[C@H](O)[C@H](O)C2(CCc3cc(F)c4cc(Cl)c(N)nc4c3)C[C@H]12. The van der Waals surface area contributed by atoms with Gasteiger partial charge in [0.15, 0.2) is 0 Å². The monoisotopic (exact) mass is 442 g/mol. The number of aliphatic hydroxyl groups excluding tert-OH is 2. The number of aryl methyl sites for hydroxylation is 2. The first-order valence-corrected chi connectivity index (χ1v) is 10.7. The molecule has 0 radical (unpaired) electrons. The van der Waals surface area contributed by atoms with E-state index < -0.39 is 23.4 Å². The van der Waals surface area contributed by atoms with Gasteiger partial charge in [0.05, 0.1) is 22.7 Å². The van der Waals surface area contributed by atoms with Gasteiger partial charge in [0.2, 0.25) is 0 Å². The number of pyridine rings is 1. The molecule has 2 saturated carbocycles. The minimum absolute atomic E-state index is 0.127. The van der Waals surface area contributed by atoms with Gasteiger partial charge in [-0.3, -0.25) is 0 Å². The van der Waals surface area contributed by atoms with Crippen LogP contribution >= 0.6 is 11.6 Å². The Balaban J connectivity index is 1.41. The van der Waals surface area contributed by atoms with E-state index in [-0.39, 0.29) is 22.8 Å². The molecule has 2 heterocycles. The maximum Gasteiger partial charge on any atom is 0.142 e. The standard InChI is InChI=1S/C23H24ClFN4O2/c1-11-3-4-18(27-2)29(11)19-14-10-23(14,21(31)20(19)30)6-5-12-7-16(25)13-9-15(24)22(26)28-17(13)8-12/h3-4,7-9,14,19-21,30-31H,2,5-6,10H2,1H3,(H2,26,28)/t14-,19-,20+,21+,23?/m1/s1. The highest BCUT2D eigenvalue weighted by Crippen LogP contribution is 2.70. The van der Waals surface area contributed by atoms with Gasteiger partial charge in [-0.05, 0) is 74.7 Å². The Morgan fingerprint density at radius 1 is 1.35 bits per heavy atom. The Bertz CT molecular complexity index is 1210. The molecule has 8 heteroatoms. The molecule has 0 saturated heterocycles. The molecular weight excluding hydrogens is 419 g/mol. The van der Waals surface area contributed by atoms with Crippen LogP contribution in [-0.4, -0.2) is 38.7 Å². The summed E-state index contributed by atoms with van der Waals surface area (Å²) in [4.78, 5) is 8.27. The van der Waals surface area contributed by atoms with E-state index in [1.54, 1.807) is 0 Å². The molecule has 2 fully saturated rings. The van der Waals surface area contributed by atoms with Crippen LogP contribution in [0, 0.1) is 24.1 Å². The number of aliphatic imine (C=N–C) groups is 1. The molecule has 2 aromatic heterocycles. The second-order valence-corrected chi connectivity index (χ2v) is 9.24. The maximum absolute atomic E-state index is 14.6. The Morgan fingerprint density at radius 2 is 2.13 bits per heavy atom. The van der Waals surface area contributed by atoms with Crippen molar-refractivity contribution in [2.24, 2.45) is 16.3 Å². The number of aromatic nitrogens is 2. The molecule has 0 spiro atoms. The first-order chi connectivity index (χ1) is 14.8. The number of hydrogen-bond donors (Lipinski definition) is 3. The van der Waals surface area contributed by atoms with Gasteiger partial charge in [-0.1, -0.05) is 11.6 Å². The molecule has 1 unspecified atom stereocenters. The summed E-state index contributed by atoms with van der Waals surface area (Å²) in [5, 5.41) is 22.3. The zero-order chi connectivity index (χ0) is 22.1. The van der Waals surface area contributed by atoms with Crippen molar-refractivity contribution < 1.29 is 14.6 Å². The summed E-state index contributed by atoms with van der Waals surface area (Å²) in [6.07, 6.45) is 0.266. The average Bonchev–Trinajstić information content (AvgIpc) is 3.29. The van der Waals surface area contributed by atoms with Crippen LogP contribution in [0.3, 0.4) is 0 Å². The first-order valence-electron chi connectivity index (χ1n) is 10.3. The summed E-state index contributed by atoms with van der Waals surface area (Å²) < 4.78 is 16.6. The van der Waals surface area contributed by atoms with Crippen LogP contribution in [0.15, 0.2) is 35.3 Å². The smallest absolute Gasteiger partial charge is 0.142 e. The van der Waals surface area contributed by atoms with E-state index in [2.05, 4.69) is 16.7 Å². The van der Waals surface area contributed by atoms with Gasteiger partial charge < -0.3 is 20.5 Å². The molecule has 4 N–H and O–H groups in total.